The molecule has 1 saturated heterocycles. The van der Waals surface area contributed by atoms with E-state index in [0.717, 1.165) is 37.3 Å². The lowest BCUT2D eigenvalue weighted by Crippen LogP contribution is -2.37. The molecule has 0 aliphatic carbocycles. The van der Waals surface area contributed by atoms with Crippen LogP contribution in [0.1, 0.15) is 44.3 Å². The van der Waals surface area contributed by atoms with Gasteiger partial charge in [0.25, 0.3) is 5.89 Å². The standard InChI is InChI=1S/C18H22N6O3/c1-12(2)16-21-18(27-22-16)24-9-5-14(6-10-24)25-11-15-20-17(23-26-15)13-3-7-19-8-4-13/h3-4,7-8,12,14H,5-6,9-11H2,1-2H3. The van der Waals surface area contributed by atoms with E-state index < -0.39 is 0 Å². The maximum absolute atomic E-state index is 5.94. The molecule has 0 saturated carbocycles. The van der Waals surface area contributed by atoms with Crippen molar-refractivity contribution in [2.24, 2.45) is 0 Å². The molecule has 0 bridgehead atoms. The molecule has 9 nitrogen and oxygen atoms in total. The monoisotopic (exact) mass is 370 g/mol. The second-order valence-corrected chi connectivity index (χ2v) is 6.83. The SMILES string of the molecule is CC(C)c1noc(N2CCC(OCc3nc(-c4ccncc4)no3)CC2)n1. The van der Waals surface area contributed by atoms with E-state index in [2.05, 4.69) is 30.2 Å². The fourth-order valence-electron chi connectivity index (χ4n) is 2.92. The van der Waals surface area contributed by atoms with Crippen molar-refractivity contribution >= 4 is 6.01 Å². The van der Waals surface area contributed by atoms with E-state index in [-0.39, 0.29) is 12.0 Å². The van der Waals surface area contributed by atoms with Crippen LogP contribution in [-0.2, 0) is 11.3 Å². The molecule has 1 aliphatic rings. The molecule has 0 unspecified atom stereocenters. The van der Waals surface area contributed by atoms with Gasteiger partial charge in [-0.25, -0.2) is 0 Å². The van der Waals surface area contributed by atoms with E-state index in [9.17, 15) is 0 Å². The third kappa shape index (κ3) is 4.13. The van der Waals surface area contributed by atoms with Crippen molar-refractivity contribution in [1.82, 2.24) is 25.3 Å². The van der Waals surface area contributed by atoms with Crippen LogP contribution in [0.2, 0.25) is 0 Å². The highest BCUT2D eigenvalue weighted by atomic mass is 16.5. The van der Waals surface area contributed by atoms with E-state index in [0.29, 0.717) is 24.3 Å². The molecule has 9 heteroatoms. The van der Waals surface area contributed by atoms with E-state index in [1.54, 1.807) is 12.4 Å². The average molecular weight is 370 g/mol. The first kappa shape index (κ1) is 17.6. The predicted molar refractivity (Wildman–Crippen MR) is 95.9 cm³/mol. The molecule has 3 aromatic rings. The number of hydrogen-bond donors (Lipinski definition) is 0. The van der Waals surface area contributed by atoms with Crippen LogP contribution >= 0.6 is 0 Å². The predicted octanol–water partition coefficient (Wildman–Crippen LogP) is 2.82. The third-order valence-corrected chi connectivity index (χ3v) is 4.51. The summed E-state index contributed by atoms with van der Waals surface area (Å²) in [5, 5.41) is 8.01. The van der Waals surface area contributed by atoms with Crippen LogP contribution in [0.25, 0.3) is 11.4 Å². The number of ether oxygens (including phenoxy) is 1. The summed E-state index contributed by atoms with van der Waals surface area (Å²) in [5.74, 6) is 2.02. The Labute approximate surface area is 156 Å². The summed E-state index contributed by atoms with van der Waals surface area (Å²) in [6.45, 7) is 6.03. The molecular weight excluding hydrogens is 348 g/mol. The number of hydrogen-bond acceptors (Lipinski definition) is 9. The first-order valence-corrected chi connectivity index (χ1v) is 9.12. The molecule has 3 aromatic heterocycles. The van der Waals surface area contributed by atoms with Crippen LogP contribution in [0.15, 0.2) is 33.6 Å². The average Bonchev–Trinajstić information content (AvgIpc) is 3.37. The Kier molecular flexibility index (Phi) is 5.10. The normalized spacial score (nSPS) is 15.6. The molecule has 1 aliphatic heterocycles. The van der Waals surface area contributed by atoms with Crippen molar-refractivity contribution in [3.05, 3.63) is 36.2 Å². The minimum atomic E-state index is 0.144. The van der Waals surface area contributed by atoms with Crippen molar-refractivity contribution in [2.75, 3.05) is 18.0 Å². The summed E-state index contributed by atoms with van der Waals surface area (Å²) in [5.41, 5.74) is 0.869. The maximum Gasteiger partial charge on any atom is 0.324 e. The highest BCUT2D eigenvalue weighted by Crippen LogP contribution is 2.22. The number of aromatic nitrogens is 5. The van der Waals surface area contributed by atoms with Gasteiger partial charge in [-0.05, 0) is 25.0 Å². The molecular formula is C18H22N6O3. The molecule has 0 atom stereocenters. The summed E-state index contributed by atoms with van der Waals surface area (Å²) in [6, 6.07) is 4.27. The zero-order chi connectivity index (χ0) is 18.6. The smallest absolute Gasteiger partial charge is 0.324 e. The quantitative estimate of drug-likeness (QED) is 0.648. The third-order valence-electron chi connectivity index (χ3n) is 4.51. The van der Waals surface area contributed by atoms with Crippen molar-refractivity contribution in [1.29, 1.82) is 0 Å². The Morgan fingerprint density at radius 1 is 1.11 bits per heavy atom. The van der Waals surface area contributed by atoms with Gasteiger partial charge in [0.2, 0.25) is 5.82 Å². The molecule has 142 valence electrons. The highest BCUT2D eigenvalue weighted by Gasteiger charge is 2.24. The molecule has 0 radical (unpaired) electrons. The van der Waals surface area contributed by atoms with E-state index >= 15 is 0 Å². The fraction of sp³-hybridized carbons (Fsp3) is 0.500. The van der Waals surface area contributed by atoms with E-state index in [1.165, 1.54) is 0 Å². The van der Waals surface area contributed by atoms with Gasteiger partial charge in [0.1, 0.15) is 6.61 Å². The molecule has 0 amide bonds. The van der Waals surface area contributed by atoms with Gasteiger partial charge in [-0.2, -0.15) is 9.97 Å². The summed E-state index contributed by atoms with van der Waals surface area (Å²) >= 11 is 0. The van der Waals surface area contributed by atoms with Crippen molar-refractivity contribution < 1.29 is 13.8 Å². The van der Waals surface area contributed by atoms with Gasteiger partial charge in [-0.15, -0.1) is 0 Å². The summed E-state index contributed by atoms with van der Waals surface area (Å²) in [4.78, 5) is 14.9. The van der Waals surface area contributed by atoms with Crippen molar-refractivity contribution in [3.8, 4) is 11.4 Å². The van der Waals surface area contributed by atoms with Crippen LogP contribution in [0.3, 0.4) is 0 Å². The molecule has 27 heavy (non-hydrogen) atoms. The van der Waals surface area contributed by atoms with Crippen LogP contribution in [0.5, 0.6) is 0 Å². The fourth-order valence-corrected chi connectivity index (χ4v) is 2.92. The lowest BCUT2D eigenvalue weighted by Gasteiger charge is -2.30. The van der Waals surface area contributed by atoms with E-state index in [4.69, 9.17) is 13.8 Å². The number of nitrogens with zero attached hydrogens (tertiary/aromatic N) is 6. The summed E-state index contributed by atoms with van der Waals surface area (Å²) in [7, 11) is 0. The first-order chi connectivity index (χ1) is 13.2. The lowest BCUT2D eigenvalue weighted by molar-refractivity contribution is 0.0115. The Bertz CT molecular complexity index is 855. The topological polar surface area (TPSA) is 103 Å². The number of anilines is 1. The van der Waals surface area contributed by atoms with Gasteiger partial charge in [-0.3, -0.25) is 4.98 Å². The molecule has 0 N–H and O–H groups in total. The lowest BCUT2D eigenvalue weighted by atomic mass is 10.1. The second kappa shape index (κ2) is 7.83. The van der Waals surface area contributed by atoms with Crippen LogP contribution in [0.4, 0.5) is 6.01 Å². The van der Waals surface area contributed by atoms with E-state index in [1.807, 2.05) is 26.0 Å². The van der Waals surface area contributed by atoms with Crippen LogP contribution in [-0.4, -0.2) is 44.5 Å². The zero-order valence-corrected chi connectivity index (χ0v) is 15.4. The second-order valence-electron chi connectivity index (χ2n) is 6.83. The first-order valence-electron chi connectivity index (χ1n) is 9.12. The number of piperidine rings is 1. The Morgan fingerprint density at radius 2 is 1.89 bits per heavy atom. The van der Waals surface area contributed by atoms with Gasteiger partial charge in [0.05, 0.1) is 6.10 Å². The molecule has 1 fully saturated rings. The Hall–Kier alpha value is -2.81. The minimum Gasteiger partial charge on any atom is -0.368 e. The van der Waals surface area contributed by atoms with Gasteiger partial charge in [0, 0.05) is 37.0 Å². The van der Waals surface area contributed by atoms with Crippen molar-refractivity contribution in [3.63, 3.8) is 0 Å². The van der Waals surface area contributed by atoms with Crippen molar-refractivity contribution in [2.45, 2.75) is 45.3 Å². The molecule has 4 heterocycles. The Balaban J connectivity index is 1.27. The Morgan fingerprint density at radius 3 is 2.59 bits per heavy atom. The van der Waals surface area contributed by atoms with Gasteiger partial charge in [-0.1, -0.05) is 24.2 Å². The maximum atomic E-state index is 5.94. The van der Waals surface area contributed by atoms with Crippen LogP contribution in [0, 0.1) is 0 Å². The molecule has 0 spiro atoms. The van der Waals surface area contributed by atoms with Gasteiger partial charge in [0.15, 0.2) is 5.82 Å². The molecule has 0 aromatic carbocycles. The number of pyridine rings is 1. The van der Waals surface area contributed by atoms with Crippen LogP contribution < -0.4 is 4.90 Å². The van der Waals surface area contributed by atoms with Gasteiger partial charge >= 0.3 is 6.01 Å². The summed E-state index contributed by atoms with van der Waals surface area (Å²) in [6.07, 6.45) is 5.30. The number of rotatable bonds is 6. The summed E-state index contributed by atoms with van der Waals surface area (Å²) < 4.78 is 16.6. The molecule has 4 rings (SSSR count). The van der Waals surface area contributed by atoms with Gasteiger partial charge < -0.3 is 18.7 Å². The highest BCUT2D eigenvalue weighted by molar-refractivity contribution is 5.52. The zero-order valence-electron chi connectivity index (χ0n) is 15.4. The minimum absolute atomic E-state index is 0.144. The largest absolute Gasteiger partial charge is 0.368 e.